The molecule has 6 heteroatoms. The van der Waals surface area contributed by atoms with Crippen molar-refractivity contribution in [2.24, 2.45) is 10.4 Å². The molecule has 2 aliphatic rings. The minimum Gasteiger partial charge on any atom is -0.468 e. The van der Waals surface area contributed by atoms with Gasteiger partial charge in [0.15, 0.2) is 5.96 Å². The van der Waals surface area contributed by atoms with Crippen molar-refractivity contribution < 1.29 is 9.15 Å². The van der Waals surface area contributed by atoms with Crippen molar-refractivity contribution in [1.29, 1.82) is 0 Å². The van der Waals surface area contributed by atoms with Crippen LogP contribution in [0.3, 0.4) is 0 Å². The maximum atomic E-state index is 5.72. The van der Waals surface area contributed by atoms with Crippen LogP contribution in [0.25, 0.3) is 0 Å². The number of likely N-dealkylation sites (tertiary alicyclic amines) is 1. The van der Waals surface area contributed by atoms with E-state index in [0.717, 1.165) is 64.1 Å². The lowest BCUT2D eigenvalue weighted by molar-refractivity contribution is 0.129. The molecule has 1 aromatic rings. The van der Waals surface area contributed by atoms with Crippen molar-refractivity contribution in [2.45, 2.75) is 52.0 Å². The van der Waals surface area contributed by atoms with E-state index >= 15 is 0 Å². The molecule has 1 aliphatic carbocycles. The lowest BCUT2D eigenvalue weighted by Crippen LogP contribution is -2.43. The third kappa shape index (κ3) is 5.98. The minimum absolute atomic E-state index is 0.263. The van der Waals surface area contributed by atoms with Gasteiger partial charge in [-0.2, -0.15) is 0 Å². The summed E-state index contributed by atoms with van der Waals surface area (Å²) in [6.07, 6.45) is 7.97. The second-order valence-electron chi connectivity index (χ2n) is 7.80. The molecule has 1 aliphatic heterocycles. The first-order valence-corrected chi connectivity index (χ1v) is 10.6. The number of nitrogens with zero attached hydrogens (tertiary/aromatic N) is 2. The Balaban J connectivity index is 1.56. The molecule has 1 saturated carbocycles. The molecular weight excluding hydrogens is 340 g/mol. The van der Waals surface area contributed by atoms with Gasteiger partial charge in [0, 0.05) is 32.8 Å². The normalized spacial score (nSPS) is 20.6. The number of guanidine groups is 1. The Hall–Kier alpha value is -1.53. The largest absolute Gasteiger partial charge is 0.468 e. The van der Waals surface area contributed by atoms with E-state index in [1.807, 2.05) is 6.07 Å². The van der Waals surface area contributed by atoms with Crippen LogP contribution in [-0.2, 0) is 4.74 Å². The van der Waals surface area contributed by atoms with Gasteiger partial charge < -0.3 is 19.8 Å². The standard InChI is InChI=1S/C21H36N4O2/c1-3-22-20(24-17-21(9-10-21)11-15-26-4-2)23-16-18(19-8-7-14-27-19)25-12-5-6-13-25/h7-8,14,18H,3-6,9-13,15-17H2,1-2H3,(H2,22,23,24). The first-order chi connectivity index (χ1) is 13.3. The van der Waals surface area contributed by atoms with Crippen molar-refractivity contribution in [3.63, 3.8) is 0 Å². The van der Waals surface area contributed by atoms with Gasteiger partial charge in [0.25, 0.3) is 0 Å². The van der Waals surface area contributed by atoms with Crippen molar-refractivity contribution >= 4 is 5.96 Å². The van der Waals surface area contributed by atoms with Crippen LogP contribution in [0.15, 0.2) is 27.8 Å². The van der Waals surface area contributed by atoms with Crippen LogP contribution < -0.4 is 10.6 Å². The predicted octanol–water partition coefficient (Wildman–Crippen LogP) is 3.18. The summed E-state index contributed by atoms with van der Waals surface area (Å²) in [4.78, 5) is 7.41. The summed E-state index contributed by atoms with van der Waals surface area (Å²) in [6, 6.07) is 4.33. The Morgan fingerprint density at radius 3 is 2.74 bits per heavy atom. The lowest BCUT2D eigenvalue weighted by Gasteiger charge is -2.27. The second kappa shape index (κ2) is 10.1. The molecule has 1 unspecified atom stereocenters. The van der Waals surface area contributed by atoms with E-state index in [9.17, 15) is 0 Å². The molecule has 3 rings (SSSR count). The van der Waals surface area contributed by atoms with E-state index in [0.29, 0.717) is 5.41 Å². The van der Waals surface area contributed by atoms with Gasteiger partial charge in [-0.15, -0.1) is 0 Å². The first kappa shape index (κ1) is 20.2. The fourth-order valence-corrected chi connectivity index (χ4v) is 3.82. The summed E-state index contributed by atoms with van der Waals surface area (Å²) in [7, 11) is 0. The SMILES string of the molecule is CCNC(=NCC1(CCOCC)CC1)NCC(c1ccco1)N1CCCC1. The first-order valence-electron chi connectivity index (χ1n) is 10.6. The summed E-state index contributed by atoms with van der Waals surface area (Å²) in [6.45, 7) is 10.7. The average molecular weight is 377 g/mol. The predicted molar refractivity (Wildman–Crippen MR) is 109 cm³/mol. The van der Waals surface area contributed by atoms with Crippen LogP contribution in [0.5, 0.6) is 0 Å². The van der Waals surface area contributed by atoms with Gasteiger partial charge in [0.2, 0.25) is 0 Å². The number of furan rings is 1. The van der Waals surface area contributed by atoms with Crippen LogP contribution in [-0.4, -0.2) is 56.8 Å². The fraction of sp³-hybridized carbons (Fsp3) is 0.762. The minimum atomic E-state index is 0.263. The summed E-state index contributed by atoms with van der Waals surface area (Å²) in [5.41, 5.74) is 0.368. The van der Waals surface area contributed by atoms with Crippen LogP contribution in [0, 0.1) is 5.41 Å². The van der Waals surface area contributed by atoms with Crippen LogP contribution in [0.1, 0.15) is 57.8 Å². The van der Waals surface area contributed by atoms with Crippen LogP contribution in [0.2, 0.25) is 0 Å². The van der Waals surface area contributed by atoms with E-state index in [1.54, 1.807) is 6.26 Å². The van der Waals surface area contributed by atoms with Gasteiger partial charge in [0.05, 0.1) is 12.3 Å². The molecule has 27 heavy (non-hydrogen) atoms. The van der Waals surface area contributed by atoms with E-state index in [4.69, 9.17) is 14.1 Å². The molecule has 6 nitrogen and oxygen atoms in total. The molecule has 0 spiro atoms. The molecule has 2 fully saturated rings. The Kier molecular flexibility index (Phi) is 7.59. The van der Waals surface area contributed by atoms with E-state index in [1.165, 1.54) is 25.7 Å². The quantitative estimate of drug-likeness (QED) is 0.353. The van der Waals surface area contributed by atoms with Gasteiger partial charge in [-0.05, 0) is 76.6 Å². The molecule has 1 aromatic heterocycles. The molecule has 0 aromatic carbocycles. The summed E-state index contributed by atoms with van der Waals surface area (Å²) >= 11 is 0. The maximum absolute atomic E-state index is 5.72. The zero-order chi connectivity index (χ0) is 19.0. The molecule has 152 valence electrons. The smallest absolute Gasteiger partial charge is 0.191 e. The van der Waals surface area contributed by atoms with Crippen molar-refractivity contribution in [3.05, 3.63) is 24.2 Å². The third-order valence-corrected chi connectivity index (χ3v) is 5.77. The van der Waals surface area contributed by atoms with Gasteiger partial charge in [-0.25, -0.2) is 0 Å². The van der Waals surface area contributed by atoms with E-state index in [2.05, 4.69) is 35.4 Å². The Morgan fingerprint density at radius 2 is 2.11 bits per heavy atom. The Labute approximate surface area is 163 Å². The highest BCUT2D eigenvalue weighted by Gasteiger charge is 2.42. The molecular formula is C21H36N4O2. The molecule has 2 heterocycles. The summed E-state index contributed by atoms with van der Waals surface area (Å²) in [5.74, 6) is 1.95. The zero-order valence-corrected chi connectivity index (χ0v) is 17.0. The number of rotatable bonds is 11. The number of nitrogens with one attached hydrogen (secondary N) is 2. The highest BCUT2D eigenvalue weighted by atomic mass is 16.5. The van der Waals surface area contributed by atoms with Gasteiger partial charge in [-0.3, -0.25) is 9.89 Å². The number of hydrogen-bond donors (Lipinski definition) is 2. The average Bonchev–Trinajstić information content (AvgIpc) is 3.09. The van der Waals surface area contributed by atoms with E-state index < -0.39 is 0 Å². The maximum Gasteiger partial charge on any atom is 0.191 e. The monoisotopic (exact) mass is 376 g/mol. The number of ether oxygens (including phenoxy) is 1. The molecule has 0 radical (unpaired) electrons. The molecule has 1 saturated heterocycles. The van der Waals surface area contributed by atoms with Gasteiger partial charge in [0.1, 0.15) is 5.76 Å². The zero-order valence-electron chi connectivity index (χ0n) is 17.0. The van der Waals surface area contributed by atoms with Crippen molar-refractivity contribution in [1.82, 2.24) is 15.5 Å². The Bertz CT molecular complexity index is 563. The summed E-state index contributed by atoms with van der Waals surface area (Å²) in [5, 5.41) is 6.96. The molecule has 1 atom stereocenters. The highest BCUT2D eigenvalue weighted by Crippen LogP contribution is 2.49. The molecule has 0 bridgehead atoms. The van der Waals surface area contributed by atoms with Crippen molar-refractivity contribution in [2.75, 3.05) is 45.9 Å². The molecule has 0 amide bonds. The van der Waals surface area contributed by atoms with Crippen LogP contribution >= 0.6 is 0 Å². The topological polar surface area (TPSA) is 62.0 Å². The molecule has 2 N–H and O–H groups in total. The van der Waals surface area contributed by atoms with Crippen LogP contribution in [0.4, 0.5) is 0 Å². The second-order valence-corrected chi connectivity index (χ2v) is 7.80. The van der Waals surface area contributed by atoms with E-state index in [-0.39, 0.29) is 6.04 Å². The van der Waals surface area contributed by atoms with Gasteiger partial charge >= 0.3 is 0 Å². The Morgan fingerprint density at radius 1 is 1.30 bits per heavy atom. The lowest BCUT2D eigenvalue weighted by atomic mass is 10.0. The van der Waals surface area contributed by atoms with Gasteiger partial charge in [-0.1, -0.05) is 0 Å². The highest BCUT2D eigenvalue weighted by molar-refractivity contribution is 5.79. The number of aliphatic imine (C=N–C) groups is 1. The van der Waals surface area contributed by atoms with Crippen molar-refractivity contribution in [3.8, 4) is 0 Å². The summed E-state index contributed by atoms with van der Waals surface area (Å²) < 4.78 is 11.3. The number of hydrogen-bond acceptors (Lipinski definition) is 4. The third-order valence-electron chi connectivity index (χ3n) is 5.77. The fourth-order valence-electron chi connectivity index (χ4n) is 3.82.